The third-order valence-electron chi connectivity index (χ3n) is 4.66. The van der Waals surface area contributed by atoms with Gasteiger partial charge in [0.2, 0.25) is 5.91 Å². The maximum Gasteiger partial charge on any atom is 0.257 e. The molecule has 1 atom stereocenters. The molecule has 7 heteroatoms. The number of rotatable bonds is 4. The predicted octanol–water partition coefficient (Wildman–Crippen LogP) is 2.56. The largest absolute Gasteiger partial charge is 0.359 e. The minimum atomic E-state index is -0.594. The summed E-state index contributed by atoms with van der Waals surface area (Å²) >= 11 is 0. The number of nitrogens with one attached hydrogen (secondary N) is 2. The van der Waals surface area contributed by atoms with Crippen molar-refractivity contribution in [1.29, 1.82) is 0 Å². The van der Waals surface area contributed by atoms with Crippen LogP contribution in [0.15, 0.2) is 42.6 Å². The van der Waals surface area contributed by atoms with Crippen LogP contribution in [0, 0.1) is 11.2 Å². The van der Waals surface area contributed by atoms with Crippen LogP contribution in [0.1, 0.15) is 23.7 Å². The number of hydrogen-bond acceptors (Lipinski definition) is 4. The lowest BCUT2D eigenvalue weighted by Gasteiger charge is -2.23. The molecule has 26 heavy (non-hydrogen) atoms. The average Bonchev–Trinajstić information content (AvgIpc) is 3.04. The third-order valence-corrected chi connectivity index (χ3v) is 4.66. The number of likely N-dealkylation sites (tertiary alicyclic amines) is 1. The molecule has 0 aliphatic carbocycles. The van der Waals surface area contributed by atoms with Crippen LogP contribution in [-0.4, -0.2) is 41.8 Å². The van der Waals surface area contributed by atoms with Crippen molar-refractivity contribution in [2.75, 3.05) is 25.5 Å². The van der Waals surface area contributed by atoms with Crippen molar-refractivity contribution in [3.63, 3.8) is 0 Å². The van der Waals surface area contributed by atoms with Crippen molar-refractivity contribution in [3.8, 4) is 0 Å². The molecule has 0 bridgehead atoms. The Morgan fingerprint density at radius 3 is 2.81 bits per heavy atom. The molecule has 0 radical (unpaired) electrons. The summed E-state index contributed by atoms with van der Waals surface area (Å²) in [5, 5.41) is 5.65. The molecule has 1 aromatic heterocycles. The van der Waals surface area contributed by atoms with Crippen molar-refractivity contribution in [2.45, 2.75) is 13.3 Å². The highest BCUT2D eigenvalue weighted by molar-refractivity contribution is 6.00. The van der Waals surface area contributed by atoms with Gasteiger partial charge in [0.15, 0.2) is 0 Å². The number of benzene rings is 1. The van der Waals surface area contributed by atoms with Gasteiger partial charge in [-0.1, -0.05) is 6.07 Å². The Labute approximate surface area is 151 Å². The quantitative estimate of drug-likeness (QED) is 0.883. The molecule has 0 unspecified atom stereocenters. The fourth-order valence-electron chi connectivity index (χ4n) is 3.17. The standard InChI is InChI=1S/C19H21FN4O2/c1-19(18(26)21-2)8-10-24(12-19)17(25)15-7-4-9-22-16(15)23-14-6-3-5-13(20)11-14/h3-7,9,11H,8,10,12H2,1-2H3,(H,21,26)(H,22,23)/t19-/m1/s1. The van der Waals surface area contributed by atoms with Crippen LogP contribution in [0.2, 0.25) is 0 Å². The van der Waals surface area contributed by atoms with Gasteiger partial charge >= 0.3 is 0 Å². The normalized spacial score (nSPS) is 19.3. The molecule has 2 aromatic rings. The zero-order valence-electron chi connectivity index (χ0n) is 14.8. The smallest absolute Gasteiger partial charge is 0.257 e. The number of carbonyl (C=O) groups excluding carboxylic acids is 2. The van der Waals surface area contributed by atoms with Crippen molar-refractivity contribution < 1.29 is 14.0 Å². The molecule has 1 aliphatic heterocycles. The molecule has 3 rings (SSSR count). The summed E-state index contributed by atoms with van der Waals surface area (Å²) in [5.74, 6) is -0.293. The summed E-state index contributed by atoms with van der Waals surface area (Å²) in [6.45, 7) is 2.70. The number of pyridine rings is 1. The second kappa shape index (κ2) is 7.11. The first kappa shape index (κ1) is 17.8. The fourth-order valence-corrected chi connectivity index (χ4v) is 3.17. The van der Waals surface area contributed by atoms with Crippen LogP contribution in [0.4, 0.5) is 15.9 Å². The first-order chi connectivity index (χ1) is 12.4. The molecular formula is C19H21FN4O2. The second-order valence-corrected chi connectivity index (χ2v) is 6.65. The van der Waals surface area contributed by atoms with Crippen LogP contribution >= 0.6 is 0 Å². The number of amides is 2. The van der Waals surface area contributed by atoms with Gasteiger partial charge in [-0.05, 0) is 43.7 Å². The zero-order valence-corrected chi connectivity index (χ0v) is 14.8. The Morgan fingerprint density at radius 1 is 1.27 bits per heavy atom. The van der Waals surface area contributed by atoms with Gasteiger partial charge in [0, 0.05) is 32.0 Å². The van der Waals surface area contributed by atoms with Gasteiger partial charge in [0.05, 0.1) is 11.0 Å². The van der Waals surface area contributed by atoms with E-state index in [2.05, 4.69) is 15.6 Å². The Kier molecular flexibility index (Phi) is 4.88. The maximum atomic E-state index is 13.4. The lowest BCUT2D eigenvalue weighted by molar-refractivity contribution is -0.128. The first-order valence-corrected chi connectivity index (χ1v) is 8.42. The van der Waals surface area contributed by atoms with Crippen LogP contribution in [0.3, 0.4) is 0 Å². The zero-order chi connectivity index (χ0) is 18.7. The molecule has 1 fully saturated rings. The molecule has 1 aliphatic rings. The highest BCUT2D eigenvalue weighted by Crippen LogP contribution is 2.32. The average molecular weight is 356 g/mol. The van der Waals surface area contributed by atoms with E-state index < -0.39 is 5.41 Å². The number of halogens is 1. The van der Waals surface area contributed by atoms with Crippen molar-refractivity contribution in [3.05, 3.63) is 54.0 Å². The van der Waals surface area contributed by atoms with Gasteiger partial charge in [-0.3, -0.25) is 9.59 Å². The third kappa shape index (κ3) is 3.51. The fraction of sp³-hybridized carbons (Fsp3) is 0.316. The van der Waals surface area contributed by atoms with E-state index in [4.69, 9.17) is 0 Å². The summed E-state index contributed by atoms with van der Waals surface area (Å²) < 4.78 is 13.4. The minimum absolute atomic E-state index is 0.0721. The summed E-state index contributed by atoms with van der Waals surface area (Å²) in [6, 6.07) is 9.31. The Morgan fingerprint density at radius 2 is 2.08 bits per heavy atom. The van der Waals surface area contributed by atoms with Crippen LogP contribution < -0.4 is 10.6 Å². The molecule has 2 amide bonds. The molecule has 6 nitrogen and oxygen atoms in total. The van der Waals surface area contributed by atoms with Gasteiger partial charge in [-0.15, -0.1) is 0 Å². The van der Waals surface area contributed by atoms with E-state index in [-0.39, 0.29) is 17.6 Å². The Balaban J connectivity index is 1.82. The maximum absolute atomic E-state index is 13.4. The van der Waals surface area contributed by atoms with Gasteiger partial charge < -0.3 is 15.5 Å². The van der Waals surface area contributed by atoms with Crippen LogP contribution in [0.25, 0.3) is 0 Å². The van der Waals surface area contributed by atoms with Gasteiger partial charge in [0.25, 0.3) is 5.91 Å². The molecule has 0 spiro atoms. The van der Waals surface area contributed by atoms with E-state index >= 15 is 0 Å². The minimum Gasteiger partial charge on any atom is -0.359 e. The lowest BCUT2D eigenvalue weighted by Crippen LogP contribution is -2.40. The monoisotopic (exact) mass is 356 g/mol. The highest BCUT2D eigenvalue weighted by atomic mass is 19.1. The Hall–Kier alpha value is -2.96. The lowest BCUT2D eigenvalue weighted by atomic mass is 9.89. The number of nitrogens with zero attached hydrogens (tertiary/aromatic N) is 2. The topological polar surface area (TPSA) is 74.3 Å². The van der Waals surface area contributed by atoms with Gasteiger partial charge in [-0.2, -0.15) is 0 Å². The van der Waals surface area contributed by atoms with Crippen LogP contribution in [0.5, 0.6) is 0 Å². The molecule has 2 N–H and O–H groups in total. The Bertz CT molecular complexity index is 842. The second-order valence-electron chi connectivity index (χ2n) is 6.65. The summed E-state index contributed by atoms with van der Waals surface area (Å²) in [5.41, 5.74) is 0.301. The van der Waals surface area contributed by atoms with E-state index in [1.807, 2.05) is 6.92 Å². The summed E-state index contributed by atoms with van der Waals surface area (Å²) in [7, 11) is 1.60. The van der Waals surface area contributed by atoms with Crippen molar-refractivity contribution >= 4 is 23.3 Å². The number of carbonyl (C=O) groups is 2. The molecule has 1 aromatic carbocycles. The van der Waals surface area contributed by atoms with Crippen molar-refractivity contribution in [2.24, 2.45) is 5.41 Å². The predicted molar refractivity (Wildman–Crippen MR) is 96.6 cm³/mol. The van der Waals surface area contributed by atoms with E-state index in [1.54, 1.807) is 42.4 Å². The highest BCUT2D eigenvalue weighted by Gasteiger charge is 2.42. The SMILES string of the molecule is CNC(=O)[C@]1(C)CCN(C(=O)c2cccnc2Nc2cccc(F)c2)C1. The molecular weight excluding hydrogens is 335 g/mol. The number of anilines is 2. The first-order valence-electron chi connectivity index (χ1n) is 8.42. The van der Waals surface area contributed by atoms with Gasteiger partial charge in [-0.25, -0.2) is 9.37 Å². The van der Waals surface area contributed by atoms with E-state index in [9.17, 15) is 14.0 Å². The number of aromatic nitrogens is 1. The van der Waals surface area contributed by atoms with Crippen LogP contribution in [-0.2, 0) is 4.79 Å². The van der Waals surface area contributed by atoms with E-state index in [0.29, 0.717) is 36.6 Å². The molecule has 2 heterocycles. The molecule has 1 saturated heterocycles. The van der Waals surface area contributed by atoms with Crippen molar-refractivity contribution in [1.82, 2.24) is 15.2 Å². The molecule has 0 saturated carbocycles. The summed E-state index contributed by atoms with van der Waals surface area (Å²) in [6.07, 6.45) is 2.17. The number of hydrogen-bond donors (Lipinski definition) is 2. The molecule has 136 valence electrons. The van der Waals surface area contributed by atoms with E-state index in [0.717, 1.165) is 0 Å². The van der Waals surface area contributed by atoms with Gasteiger partial charge in [0.1, 0.15) is 11.6 Å². The van der Waals surface area contributed by atoms with E-state index in [1.165, 1.54) is 12.1 Å². The summed E-state index contributed by atoms with van der Waals surface area (Å²) in [4.78, 5) is 30.9.